The van der Waals surface area contributed by atoms with Crippen molar-refractivity contribution in [3.8, 4) is 0 Å². The lowest BCUT2D eigenvalue weighted by atomic mass is 9.74. The van der Waals surface area contributed by atoms with Gasteiger partial charge < -0.3 is 10.1 Å². The van der Waals surface area contributed by atoms with Crippen LogP contribution >= 0.6 is 15.9 Å². The molecule has 5 nitrogen and oxygen atoms in total. The molecule has 0 bridgehead atoms. The van der Waals surface area contributed by atoms with Crippen LogP contribution in [-0.4, -0.2) is 28.6 Å². The maximum absolute atomic E-state index is 11.8. The Bertz CT molecular complexity index is 429. The van der Waals surface area contributed by atoms with Crippen molar-refractivity contribution in [3.05, 3.63) is 16.9 Å². The second-order valence-corrected chi connectivity index (χ2v) is 6.01. The summed E-state index contributed by atoms with van der Waals surface area (Å²) in [5, 5.41) is 3.16. The van der Waals surface area contributed by atoms with Crippen molar-refractivity contribution in [2.45, 2.75) is 33.2 Å². The van der Waals surface area contributed by atoms with Gasteiger partial charge in [-0.3, -0.25) is 4.79 Å². The van der Waals surface area contributed by atoms with Crippen LogP contribution in [0.25, 0.3) is 0 Å². The molecule has 0 unspecified atom stereocenters. The predicted molar refractivity (Wildman–Crippen MR) is 73.2 cm³/mol. The van der Waals surface area contributed by atoms with Gasteiger partial charge in [0.25, 0.3) is 0 Å². The van der Waals surface area contributed by atoms with Crippen molar-refractivity contribution in [1.82, 2.24) is 9.97 Å². The number of carbonyl (C=O) groups is 1. The Hall–Kier alpha value is -1.17. The Morgan fingerprint density at radius 3 is 2.22 bits per heavy atom. The van der Waals surface area contributed by atoms with Crippen LogP contribution in [0.1, 0.15) is 27.7 Å². The standard InChI is InChI=1S/C12H18BrN3O2/c1-11(2,9(17)18-5)12(3,4)16-10-14-6-8(13)7-15-10/h6-7H,1-5H3,(H,14,15,16). The average molecular weight is 316 g/mol. The lowest BCUT2D eigenvalue weighted by Crippen LogP contribution is -2.51. The van der Waals surface area contributed by atoms with Gasteiger partial charge in [0, 0.05) is 12.4 Å². The number of halogens is 1. The minimum atomic E-state index is -0.710. The first kappa shape index (κ1) is 14.9. The highest BCUT2D eigenvalue weighted by Gasteiger charge is 2.44. The summed E-state index contributed by atoms with van der Waals surface area (Å²) in [4.78, 5) is 20.1. The summed E-state index contributed by atoms with van der Waals surface area (Å²) in [6, 6.07) is 0. The Morgan fingerprint density at radius 2 is 1.78 bits per heavy atom. The summed E-state index contributed by atoms with van der Waals surface area (Å²) in [5.41, 5.74) is -1.26. The van der Waals surface area contributed by atoms with Crippen LogP contribution in [0.4, 0.5) is 5.95 Å². The molecule has 0 saturated heterocycles. The second-order valence-electron chi connectivity index (χ2n) is 5.09. The summed E-state index contributed by atoms with van der Waals surface area (Å²) in [6.45, 7) is 7.47. The van der Waals surface area contributed by atoms with E-state index in [1.807, 2.05) is 27.7 Å². The van der Waals surface area contributed by atoms with Crippen LogP contribution in [0, 0.1) is 5.41 Å². The van der Waals surface area contributed by atoms with Gasteiger partial charge in [-0.2, -0.15) is 0 Å². The van der Waals surface area contributed by atoms with E-state index in [9.17, 15) is 4.79 Å². The van der Waals surface area contributed by atoms with Crippen LogP contribution in [0.5, 0.6) is 0 Å². The Kier molecular flexibility index (Phi) is 4.32. The number of esters is 1. The van der Waals surface area contributed by atoms with Crippen LogP contribution < -0.4 is 5.32 Å². The first-order valence-corrected chi connectivity index (χ1v) is 6.34. The highest BCUT2D eigenvalue weighted by Crippen LogP contribution is 2.34. The molecule has 0 atom stereocenters. The number of anilines is 1. The fourth-order valence-corrected chi connectivity index (χ4v) is 1.53. The van der Waals surface area contributed by atoms with Gasteiger partial charge in [-0.25, -0.2) is 9.97 Å². The summed E-state index contributed by atoms with van der Waals surface area (Å²) in [5.74, 6) is 0.192. The number of nitrogens with zero attached hydrogens (tertiary/aromatic N) is 2. The fraction of sp³-hybridized carbons (Fsp3) is 0.583. The second kappa shape index (κ2) is 5.22. The first-order chi connectivity index (χ1) is 8.20. The van der Waals surface area contributed by atoms with Crippen molar-refractivity contribution in [1.29, 1.82) is 0 Å². The van der Waals surface area contributed by atoms with Gasteiger partial charge in [-0.1, -0.05) is 0 Å². The Morgan fingerprint density at radius 1 is 1.28 bits per heavy atom. The van der Waals surface area contributed by atoms with E-state index in [1.54, 1.807) is 12.4 Å². The molecule has 0 radical (unpaired) electrons. The number of nitrogens with one attached hydrogen (secondary N) is 1. The molecule has 18 heavy (non-hydrogen) atoms. The largest absolute Gasteiger partial charge is 0.469 e. The number of aromatic nitrogens is 2. The van der Waals surface area contributed by atoms with Gasteiger partial charge in [0.1, 0.15) is 0 Å². The van der Waals surface area contributed by atoms with Crippen molar-refractivity contribution in [3.63, 3.8) is 0 Å². The topological polar surface area (TPSA) is 64.1 Å². The van der Waals surface area contributed by atoms with E-state index in [1.165, 1.54) is 7.11 Å². The van der Waals surface area contributed by atoms with Crippen LogP contribution in [0.2, 0.25) is 0 Å². The smallest absolute Gasteiger partial charge is 0.313 e. The van der Waals surface area contributed by atoms with E-state index >= 15 is 0 Å². The molecule has 0 aliphatic carbocycles. The van der Waals surface area contributed by atoms with E-state index in [0.29, 0.717) is 5.95 Å². The molecule has 1 aromatic heterocycles. The van der Waals surface area contributed by atoms with E-state index in [0.717, 1.165) is 4.47 Å². The molecule has 0 aromatic carbocycles. The minimum absolute atomic E-state index is 0.280. The van der Waals surface area contributed by atoms with Gasteiger partial charge >= 0.3 is 5.97 Å². The van der Waals surface area contributed by atoms with Gasteiger partial charge in [-0.15, -0.1) is 0 Å². The molecule has 1 N–H and O–H groups in total. The van der Waals surface area contributed by atoms with Gasteiger partial charge in [0.15, 0.2) is 0 Å². The van der Waals surface area contributed by atoms with Crippen LogP contribution in [0.15, 0.2) is 16.9 Å². The van der Waals surface area contributed by atoms with Gasteiger partial charge in [0.05, 0.1) is 22.5 Å². The number of methoxy groups -OCH3 is 1. The Balaban J connectivity index is 2.93. The molecule has 1 aromatic rings. The molecule has 1 rings (SSSR count). The maximum Gasteiger partial charge on any atom is 0.313 e. The third-order valence-corrected chi connectivity index (χ3v) is 3.71. The first-order valence-electron chi connectivity index (χ1n) is 5.55. The van der Waals surface area contributed by atoms with Crippen molar-refractivity contribution >= 4 is 27.8 Å². The molecule has 0 aliphatic rings. The van der Waals surface area contributed by atoms with Gasteiger partial charge in [-0.05, 0) is 43.6 Å². The molecule has 0 fully saturated rings. The molecular weight excluding hydrogens is 298 g/mol. The number of hydrogen-bond acceptors (Lipinski definition) is 5. The van der Waals surface area contributed by atoms with E-state index in [2.05, 4.69) is 31.2 Å². The molecule has 6 heteroatoms. The van der Waals surface area contributed by atoms with E-state index in [-0.39, 0.29) is 5.97 Å². The predicted octanol–water partition coefficient (Wildman–Crippen LogP) is 2.63. The molecule has 1 heterocycles. The highest BCUT2D eigenvalue weighted by molar-refractivity contribution is 9.10. The van der Waals surface area contributed by atoms with E-state index in [4.69, 9.17) is 4.74 Å². The van der Waals surface area contributed by atoms with Gasteiger partial charge in [0.2, 0.25) is 5.95 Å². The van der Waals surface area contributed by atoms with E-state index < -0.39 is 11.0 Å². The Labute approximate surface area is 115 Å². The SMILES string of the molecule is COC(=O)C(C)(C)C(C)(C)Nc1ncc(Br)cn1. The molecule has 0 saturated carbocycles. The monoisotopic (exact) mass is 315 g/mol. The molecular formula is C12H18BrN3O2. The van der Waals surface area contributed by atoms with Crippen LogP contribution in [0.3, 0.4) is 0 Å². The number of rotatable bonds is 4. The molecule has 0 aliphatic heterocycles. The highest BCUT2D eigenvalue weighted by atomic mass is 79.9. The van der Waals surface area contributed by atoms with Crippen molar-refractivity contribution in [2.75, 3.05) is 12.4 Å². The molecule has 0 spiro atoms. The summed E-state index contributed by atoms with van der Waals surface area (Å²) in [6.07, 6.45) is 3.30. The maximum atomic E-state index is 11.8. The zero-order chi connectivity index (χ0) is 14.0. The normalized spacial score (nSPS) is 12.1. The molecule has 0 amide bonds. The third kappa shape index (κ3) is 2.98. The fourth-order valence-electron chi connectivity index (χ4n) is 1.32. The quantitative estimate of drug-likeness (QED) is 0.865. The summed E-state index contributed by atoms with van der Waals surface area (Å²) in [7, 11) is 1.39. The third-order valence-electron chi connectivity index (χ3n) is 3.30. The van der Waals surface area contributed by atoms with Crippen molar-refractivity contribution < 1.29 is 9.53 Å². The van der Waals surface area contributed by atoms with Crippen molar-refractivity contribution in [2.24, 2.45) is 5.41 Å². The van der Waals surface area contributed by atoms with Crippen LogP contribution in [-0.2, 0) is 9.53 Å². The number of ether oxygens (including phenoxy) is 1. The zero-order valence-corrected chi connectivity index (χ0v) is 12.8. The average Bonchev–Trinajstić information content (AvgIpc) is 2.30. The lowest BCUT2D eigenvalue weighted by molar-refractivity contribution is -0.153. The molecule has 100 valence electrons. The zero-order valence-electron chi connectivity index (χ0n) is 11.2. The lowest BCUT2D eigenvalue weighted by Gasteiger charge is -2.39. The summed E-state index contributed by atoms with van der Waals surface area (Å²) < 4.78 is 5.63. The minimum Gasteiger partial charge on any atom is -0.469 e. The number of carbonyl (C=O) groups excluding carboxylic acids is 1. The summed E-state index contributed by atoms with van der Waals surface area (Å²) >= 11 is 3.27. The number of hydrogen-bond donors (Lipinski definition) is 1.